The van der Waals surface area contributed by atoms with E-state index in [1.54, 1.807) is 26.4 Å². The number of nitrogens with zero attached hydrogens (tertiary/aromatic N) is 1. The van der Waals surface area contributed by atoms with Gasteiger partial charge in [-0.2, -0.15) is 5.10 Å². The van der Waals surface area contributed by atoms with E-state index in [0.717, 1.165) is 15.2 Å². The Bertz CT molecular complexity index is 1050. The second-order valence-electron chi connectivity index (χ2n) is 5.83. The lowest BCUT2D eigenvalue weighted by molar-refractivity contribution is 0.0952. The highest BCUT2D eigenvalue weighted by Gasteiger charge is 2.14. The summed E-state index contributed by atoms with van der Waals surface area (Å²) < 4.78 is 16.9. The molecule has 7 heteroatoms. The first kappa shape index (κ1) is 19.7. The number of hydrazone groups is 1. The van der Waals surface area contributed by atoms with E-state index in [0.29, 0.717) is 28.4 Å². The zero-order valence-electron chi connectivity index (χ0n) is 15.7. The van der Waals surface area contributed by atoms with Gasteiger partial charge in [0.25, 0.3) is 5.91 Å². The minimum absolute atomic E-state index is 0.375. The predicted molar refractivity (Wildman–Crippen MR) is 113 cm³/mol. The maximum absolute atomic E-state index is 12.6. The fourth-order valence-corrected chi connectivity index (χ4v) is 3.30. The average molecular weight is 443 g/mol. The lowest BCUT2D eigenvalue weighted by Crippen LogP contribution is -2.18. The van der Waals surface area contributed by atoms with E-state index in [9.17, 15) is 4.79 Å². The highest BCUT2D eigenvalue weighted by Crippen LogP contribution is 2.33. The van der Waals surface area contributed by atoms with Crippen LogP contribution in [0.3, 0.4) is 0 Å². The van der Waals surface area contributed by atoms with Crippen LogP contribution < -0.4 is 19.6 Å². The van der Waals surface area contributed by atoms with Crippen LogP contribution in [-0.2, 0) is 0 Å². The molecule has 3 aromatic rings. The standard InChI is InChI=1S/C21H19BrN2O4/c1-26-18-10-14-7-5-4-6-13(14)9-17(18)21(25)24-23-12-15-8-16(22)11-19(27-2)20(15)28-3/h4-12H,1-3H3,(H,24,25). The number of hydrogen-bond donors (Lipinski definition) is 1. The molecule has 0 heterocycles. The highest BCUT2D eigenvalue weighted by atomic mass is 79.9. The topological polar surface area (TPSA) is 69.2 Å². The van der Waals surface area contributed by atoms with Crippen LogP contribution in [0.25, 0.3) is 10.8 Å². The average Bonchev–Trinajstić information content (AvgIpc) is 2.72. The molecule has 0 aliphatic carbocycles. The van der Waals surface area contributed by atoms with Crippen molar-refractivity contribution in [3.63, 3.8) is 0 Å². The summed E-state index contributed by atoms with van der Waals surface area (Å²) in [5.41, 5.74) is 3.59. The molecule has 0 saturated carbocycles. The molecule has 28 heavy (non-hydrogen) atoms. The van der Waals surface area contributed by atoms with E-state index in [1.165, 1.54) is 13.3 Å². The second kappa shape index (κ2) is 8.75. The number of carbonyl (C=O) groups is 1. The molecule has 0 aromatic heterocycles. The van der Waals surface area contributed by atoms with E-state index in [4.69, 9.17) is 14.2 Å². The molecule has 6 nitrogen and oxygen atoms in total. The van der Waals surface area contributed by atoms with Gasteiger partial charge < -0.3 is 14.2 Å². The van der Waals surface area contributed by atoms with E-state index >= 15 is 0 Å². The summed E-state index contributed by atoms with van der Waals surface area (Å²) in [6, 6.07) is 15.0. The van der Waals surface area contributed by atoms with Gasteiger partial charge in [-0.15, -0.1) is 0 Å². The third-order valence-corrected chi connectivity index (χ3v) is 4.61. The number of hydrogen-bond acceptors (Lipinski definition) is 5. The fourth-order valence-electron chi connectivity index (χ4n) is 2.84. The fraction of sp³-hybridized carbons (Fsp3) is 0.143. The summed E-state index contributed by atoms with van der Waals surface area (Å²) in [6.07, 6.45) is 1.50. The Kier molecular flexibility index (Phi) is 6.16. The highest BCUT2D eigenvalue weighted by molar-refractivity contribution is 9.10. The number of ether oxygens (including phenoxy) is 3. The first-order chi connectivity index (χ1) is 13.6. The molecule has 0 aliphatic rings. The van der Waals surface area contributed by atoms with Gasteiger partial charge in [-0.3, -0.25) is 4.79 Å². The maximum Gasteiger partial charge on any atom is 0.275 e. The van der Waals surface area contributed by atoms with Gasteiger partial charge in [-0.05, 0) is 35.0 Å². The van der Waals surface area contributed by atoms with Crippen molar-refractivity contribution in [3.05, 3.63) is 64.1 Å². The summed E-state index contributed by atoms with van der Waals surface area (Å²) in [6.45, 7) is 0. The zero-order chi connectivity index (χ0) is 20.1. The van der Waals surface area contributed by atoms with Crippen molar-refractivity contribution in [1.29, 1.82) is 0 Å². The largest absolute Gasteiger partial charge is 0.496 e. The van der Waals surface area contributed by atoms with Crippen LogP contribution in [-0.4, -0.2) is 33.5 Å². The van der Waals surface area contributed by atoms with Crippen molar-refractivity contribution in [2.24, 2.45) is 5.10 Å². The van der Waals surface area contributed by atoms with E-state index in [1.807, 2.05) is 36.4 Å². The number of halogens is 1. The Morgan fingerprint density at radius 1 is 0.964 bits per heavy atom. The number of fused-ring (bicyclic) bond motifs is 1. The summed E-state index contributed by atoms with van der Waals surface area (Å²) in [5, 5.41) is 5.99. The minimum Gasteiger partial charge on any atom is -0.496 e. The van der Waals surface area contributed by atoms with Crippen LogP contribution >= 0.6 is 15.9 Å². The first-order valence-corrected chi connectivity index (χ1v) is 9.18. The van der Waals surface area contributed by atoms with Gasteiger partial charge in [0.15, 0.2) is 11.5 Å². The quantitative estimate of drug-likeness (QED) is 0.453. The molecule has 3 rings (SSSR count). The van der Waals surface area contributed by atoms with Crippen molar-refractivity contribution in [2.45, 2.75) is 0 Å². The third kappa shape index (κ3) is 4.09. The molecule has 0 bridgehead atoms. The number of methoxy groups -OCH3 is 3. The summed E-state index contributed by atoms with van der Waals surface area (Å²) in [5.74, 6) is 1.18. The van der Waals surface area contributed by atoms with Gasteiger partial charge in [0.05, 0.1) is 33.1 Å². The Balaban J connectivity index is 1.87. The van der Waals surface area contributed by atoms with Gasteiger partial charge in [0.2, 0.25) is 0 Å². The van der Waals surface area contributed by atoms with Crippen LogP contribution in [0.5, 0.6) is 17.2 Å². The van der Waals surface area contributed by atoms with Crippen LogP contribution in [0.15, 0.2) is 58.1 Å². The van der Waals surface area contributed by atoms with Gasteiger partial charge in [0, 0.05) is 10.0 Å². The number of carbonyl (C=O) groups excluding carboxylic acids is 1. The van der Waals surface area contributed by atoms with Crippen molar-refractivity contribution < 1.29 is 19.0 Å². The van der Waals surface area contributed by atoms with E-state index < -0.39 is 0 Å². The van der Waals surface area contributed by atoms with Crippen LogP contribution in [0.1, 0.15) is 15.9 Å². The van der Waals surface area contributed by atoms with Crippen molar-refractivity contribution in [3.8, 4) is 17.2 Å². The Morgan fingerprint density at radius 3 is 2.29 bits per heavy atom. The SMILES string of the molecule is COc1cc2ccccc2cc1C(=O)NN=Cc1cc(Br)cc(OC)c1OC. The first-order valence-electron chi connectivity index (χ1n) is 8.39. The Morgan fingerprint density at radius 2 is 1.64 bits per heavy atom. The van der Waals surface area contributed by atoms with Gasteiger partial charge in [0.1, 0.15) is 5.75 Å². The number of nitrogens with one attached hydrogen (secondary N) is 1. The molecule has 0 saturated heterocycles. The number of benzene rings is 3. The van der Waals surface area contributed by atoms with Crippen LogP contribution in [0.2, 0.25) is 0 Å². The van der Waals surface area contributed by atoms with E-state index in [-0.39, 0.29) is 5.91 Å². The molecular weight excluding hydrogens is 424 g/mol. The summed E-state index contributed by atoms with van der Waals surface area (Å²) >= 11 is 3.42. The lowest BCUT2D eigenvalue weighted by Gasteiger charge is -2.11. The van der Waals surface area contributed by atoms with Crippen molar-refractivity contribution in [1.82, 2.24) is 5.43 Å². The van der Waals surface area contributed by atoms with Gasteiger partial charge in [-0.1, -0.05) is 40.2 Å². The molecule has 0 fully saturated rings. The molecule has 1 N–H and O–H groups in total. The van der Waals surface area contributed by atoms with Crippen LogP contribution in [0, 0.1) is 0 Å². The monoisotopic (exact) mass is 442 g/mol. The molecule has 1 amide bonds. The molecular formula is C21H19BrN2O4. The minimum atomic E-state index is -0.375. The smallest absolute Gasteiger partial charge is 0.275 e. The number of rotatable bonds is 6. The van der Waals surface area contributed by atoms with Gasteiger partial charge in [-0.25, -0.2) is 5.43 Å². The van der Waals surface area contributed by atoms with Gasteiger partial charge >= 0.3 is 0 Å². The molecule has 144 valence electrons. The summed E-state index contributed by atoms with van der Waals surface area (Å²) in [7, 11) is 4.63. The number of amides is 1. The molecule has 0 unspecified atom stereocenters. The maximum atomic E-state index is 12.6. The molecule has 3 aromatic carbocycles. The summed E-state index contributed by atoms with van der Waals surface area (Å²) in [4.78, 5) is 12.6. The van der Waals surface area contributed by atoms with Crippen molar-refractivity contribution >= 4 is 38.8 Å². The Hall–Kier alpha value is -3.06. The molecule has 0 radical (unpaired) electrons. The molecule has 0 spiro atoms. The normalized spacial score (nSPS) is 10.9. The lowest BCUT2D eigenvalue weighted by atomic mass is 10.1. The zero-order valence-corrected chi connectivity index (χ0v) is 17.2. The predicted octanol–water partition coefficient (Wildman–Crippen LogP) is 4.39. The third-order valence-electron chi connectivity index (χ3n) is 4.15. The van der Waals surface area contributed by atoms with E-state index in [2.05, 4.69) is 26.5 Å². The molecule has 0 aliphatic heterocycles. The second-order valence-corrected chi connectivity index (χ2v) is 6.74. The Labute approximate surface area is 171 Å². The van der Waals surface area contributed by atoms with Crippen LogP contribution in [0.4, 0.5) is 0 Å². The van der Waals surface area contributed by atoms with Crippen molar-refractivity contribution in [2.75, 3.05) is 21.3 Å². The molecule has 0 atom stereocenters.